The molecule has 1 aromatic rings. The number of hydrogen-bond donors (Lipinski definition) is 3. The summed E-state index contributed by atoms with van der Waals surface area (Å²) < 4.78 is 24.4. The molecule has 1 fully saturated rings. The number of aliphatic hydroxyl groups is 3. The fourth-order valence-electron chi connectivity index (χ4n) is 1.81. The van der Waals surface area contributed by atoms with Crippen molar-refractivity contribution in [2.75, 3.05) is 4.43 Å². The Balaban J connectivity index is 2.13. The van der Waals surface area contributed by atoms with Crippen LogP contribution in [0.3, 0.4) is 0 Å². The third-order valence-corrected chi connectivity index (χ3v) is 3.77. The summed E-state index contributed by atoms with van der Waals surface area (Å²) in [6.45, 7) is 0. The Morgan fingerprint density at radius 2 is 1.84 bits per heavy atom. The van der Waals surface area contributed by atoms with E-state index in [1.54, 1.807) is 6.07 Å². The van der Waals surface area contributed by atoms with E-state index >= 15 is 0 Å². The first-order chi connectivity index (χ1) is 9.04. The van der Waals surface area contributed by atoms with Crippen molar-refractivity contribution in [1.82, 2.24) is 0 Å². The lowest BCUT2D eigenvalue weighted by atomic mass is 10.00. The molecule has 5 atom stereocenters. The zero-order chi connectivity index (χ0) is 14.0. The lowest BCUT2D eigenvalue weighted by Crippen LogP contribution is -2.59. The summed E-state index contributed by atoms with van der Waals surface area (Å²) >= 11 is 1.98. The van der Waals surface area contributed by atoms with Gasteiger partial charge in [-0.05, 0) is 12.1 Å². The van der Waals surface area contributed by atoms with Crippen LogP contribution in [0.25, 0.3) is 0 Å². The van der Waals surface area contributed by atoms with Crippen LogP contribution in [0.1, 0.15) is 0 Å². The molecule has 3 N–H and O–H groups in total. The Labute approximate surface area is 123 Å². The van der Waals surface area contributed by atoms with Gasteiger partial charge in [-0.1, -0.05) is 34.7 Å². The maximum absolute atomic E-state index is 13.4. The fraction of sp³-hybridized carbons (Fsp3) is 0.500. The van der Waals surface area contributed by atoms with Gasteiger partial charge in [0.05, 0.1) is 6.10 Å². The highest BCUT2D eigenvalue weighted by molar-refractivity contribution is 14.1. The standard InChI is InChI=1S/C12H14FIO5/c13-6-3-1-2-4-7(6)18-12-11(17)10(16)9(15)8(5-14)19-12/h1-4,8-12,15-17H,5H2/t8-,9+,10+,11+,12-/m0/s1. The van der Waals surface area contributed by atoms with Crippen LogP contribution in [0.4, 0.5) is 4.39 Å². The van der Waals surface area contributed by atoms with Crippen molar-refractivity contribution in [3.05, 3.63) is 30.1 Å². The van der Waals surface area contributed by atoms with Crippen LogP contribution in [-0.4, -0.2) is 50.5 Å². The molecular formula is C12H14FIO5. The summed E-state index contributed by atoms with van der Waals surface area (Å²) in [5.41, 5.74) is 0. The van der Waals surface area contributed by atoms with Crippen LogP contribution in [-0.2, 0) is 4.74 Å². The molecule has 0 unspecified atom stereocenters. The number of benzene rings is 1. The van der Waals surface area contributed by atoms with Crippen LogP contribution in [0.2, 0.25) is 0 Å². The van der Waals surface area contributed by atoms with Gasteiger partial charge in [0, 0.05) is 4.43 Å². The first-order valence-electron chi connectivity index (χ1n) is 5.71. The minimum absolute atomic E-state index is 0.0812. The normalized spacial score (nSPS) is 35.1. The second-order valence-electron chi connectivity index (χ2n) is 4.22. The third-order valence-electron chi connectivity index (χ3n) is 2.90. The molecule has 2 rings (SSSR count). The predicted octanol–water partition coefficient (Wildman–Crippen LogP) is 0.447. The molecule has 0 bridgehead atoms. The second-order valence-corrected chi connectivity index (χ2v) is 5.10. The molecule has 1 aromatic carbocycles. The highest BCUT2D eigenvalue weighted by atomic mass is 127. The SMILES string of the molecule is O[C@H]1[C@@H](O)[C@@H](Oc2ccccc2F)O[C@@H](CI)[C@H]1O. The van der Waals surface area contributed by atoms with Gasteiger partial charge in [-0.25, -0.2) is 4.39 Å². The highest BCUT2D eigenvalue weighted by Crippen LogP contribution is 2.26. The van der Waals surface area contributed by atoms with Gasteiger partial charge in [-0.2, -0.15) is 0 Å². The largest absolute Gasteiger partial charge is 0.459 e. The van der Waals surface area contributed by atoms with Gasteiger partial charge in [0.15, 0.2) is 11.6 Å². The molecule has 0 amide bonds. The molecular weight excluding hydrogens is 370 g/mol. The molecule has 5 nitrogen and oxygen atoms in total. The van der Waals surface area contributed by atoms with Crippen molar-refractivity contribution < 1.29 is 29.2 Å². The van der Waals surface area contributed by atoms with E-state index in [9.17, 15) is 19.7 Å². The number of halogens is 2. The zero-order valence-electron chi connectivity index (χ0n) is 9.82. The van der Waals surface area contributed by atoms with Crippen molar-refractivity contribution in [3.8, 4) is 5.75 Å². The monoisotopic (exact) mass is 384 g/mol. The minimum Gasteiger partial charge on any atom is -0.459 e. The number of hydrogen-bond acceptors (Lipinski definition) is 5. The number of para-hydroxylation sites is 1. The number of rotatable bonds is 3. The maximum atomic E-state index is 13.4. The molecule has 7 heteroatoms. The second kappa shape index (κ2) is 6.31. The topological polar surface area (TPSA) is 79.2 Å². The van der Waals surface area contributed by atoms with Crippen molar-refractivity contribution in [3.63, 3.8) is 0 Å². The van der Waals surface area contributed by atoms with E-state index in [0.29, 0.717) is 4.43 Å². The first kappa shape index (κ1) is 14.9. The molecule has 0 aromatic heterocycles. The molecule has 0 spiro atoms. The Morgan fingerprint density at radius 1 is 1.16 bits per heavy atom. The van der Waals surface area contributed by atoms with E-state index in [1.807, 2.05) is 22.6 Å². The van der Waals surface area contributed by atoms with Gasteiger partial charge in [0.2, 0.25) is 6.29 Å². The van der Waals surface area contributed by atoms with Crippen molar-refractivity contribution in [2.45, 2.75) is 30.7 Å². The summed E-state index contributed by atoms with van der Waals surface area (Å²) in [5.74, 6) is -0.674. The maximum Gasteiger partial charge on any atom is 0.229 e. The Morgan fingerprint density at radius 3 is 2.47 bits per heavy atom. The predicted molar refractivity (Wildman–Crippen MR) is 72.6 cm³/mol. The summed E-state index contributed by atoms with van der Waals surface area (Å²) in [6, 6.07) is 5.69. The minimum atomic E-state index is -1.45. The van der Waals surface area contributed by atoms with E-state index in [4.69, 9.17) is 9.47 Å². The molecule has 1 saturated heterocycles. The molecule has 0 aliphatic carbocycles. The molecule has 1 heterocycles. The molecule has 19 heavy (non-hydrogen) atoms. The molecule has 1 aliphatic rings. The Kier molecular flexibility index (Phi) is 4.96. The number of alkyl halides is 1. The molecule has 0 saturated carbocycles. The smallest absolute Gasteiger partial charge is 0.229 e. The fourth-order valence-corrected chi connectivity index (χ4v) is 2.54. The lowest BCUT2D eigenvalue weighted by Gasteiger charge is -2.39. The van der Waals surface area contributed by atoms with Gasteiger partial charge in [-0.15, -0.1) is 0 Å². The summed E-state index contributed by atoms with van der Waals surface area (Å²) in [5, 5.41) is 29.2. The third kappa shape index (κ3) is 3.16. The van der Waals surface area contributed by atoms with E-state index in [-0.39, 0.29) is 5.75 Å². The number of ether oxygens (including phenoxy) is 2. The van der Waals surface area contributed by atoms with Crippen molar-refractivity contribution in [2.24, 2.45) is 0 Å². The van der Waals surface area contributed by atoms with Gasteiger partial charge in [0.1, 0.15) is 18.3 Å². The molecule has 106 valence electrons. The average Bonchev–Trinajstić information content (AvgIpc) is 2.41. The van der Waals surface area contributed by atoms with Crippen LogP contribution in [0.15, 0.2) is 24.3 Å². The summed E-state index contributed by atoms with van der Waals surface area (Å²) in [4.78, 5) is 0. The first-order valence-corrected chi connectivity index (χ1v) is 7.24. The zero-order valence-corrected chi connectivity index (χ0v) is 12.0. The van der Waals surface area contributed by atoms with Gasteiger partial charge in [-0.3, -0.25) is 0 Å². The van der Waals surface area contributed by atoms with Crippen LogP contribution < -0.4 is 4.74 Å². The van der Waals surface area contributed by atoms with E-state index < -0.39 is 36.5 Å². The van der Waals surface area contributed by atoms with E-state index in [2.05, 4.69) is 0 Å². The van der Waals surface area contributed by atoms with Crippen molar-refractivity contribution >= 4 is 22.6 Å². The van der Waals surface area contributed by atoms with Crippen molar-refractivity contribution in [1.29, 1.82) is 0 Å². The Hall–Kier alpha value is -0.480. The van der Waals surface area contributed by atoms with E-state index in [1.165, 1.54) is 18.2 Å². The number of aliphatic hydroxyl groups excluding tert-OH is 3. The van der Waals surface area contributed by atoms with Crippen LogP contribution in [0.5, 0.6) is 5.75 Å². The van der Waals surface area contributed by atoms with E-state index in [0.717, 1.165) is 0 Å². The quantitative estimate of drug-likeness (QED) is 0.521. The van der Waals surface area contributed by atoms with Gasteiger partial charge >= 0.3 is 0 Å². The Bertz CT molecular complexity index is 430. The van der Waals surface area contributed by atoms with Crippen LogP contribution >= 0.6 is 22.6 Å². The summed E-state index contributed by atoms with van der Waals surface area (Å²) in [6.07, 6.45) is -5.96. The average molecular weight is 384 g/mol. The van der Waals surface area contributed by atoms with Gasteiger partial charge < -0.3 is 24.8 Å². The van der Waals surface area contributed by atoms with Gasteiger partial charge in [0.25, 0.3) is 0 Å². The highest BCUT2D eigenvalue weighted by Gasteiger charge is 2.44. The summed E-state index contributed by atoms with van der Waals surface area (Å²) in [7, 11) is 0. The lowest BCUT2D eigenvalue weighted by molar-refractivity contribution is -0.266. The molecule has 0 radical (unpaired) electrons. The molecule has 1 aliphatic heterocycles. The van der Waals surface area contributed by atoms with Crippen LogP contribution in [0, 0.1) is 5.82 Å².